The van der Waals surface area contributed by atoms with Crippen LogP contribution in [0.4, 0.5) is 0 Å². The molecule has 1 radical (unpaired) electrons. The molecule has 534 valence electrons. The van der Waals surface area contributed by atoms with Gasteiger partial charge in [-0.05, 0) is 131 Å². The quantitative estimate of drug-likeness (QED) is 0.0591. The average molecular weight is 1530 g/mol. The fraction of sp³-hybridized carbons (Fsp3) is 0.190. The molecule has 8 aromatic carbocycles. The van der Waals surface area contributed by atoms with Crippen LogP contribution in [0.25, 0.3) is 0 Å². The summed E-state index contributed by atoms with van der Waals surface area (Å²) in [7, 11) is 16.1. The van der Waals surface area contributed by atoms with Gasteiger partial charge in [0.15, 0.2) is 11.2 Å². The van der Waals surface area contributed by atoms with Gasteiger partial charge in [0.25, 0.3) is 0 Å². The first-order valence-electron chi connectivity index (χ1n) is 33.6. The van der Waals surface area contributed by atoms with Crippen LogP contribution < -0.4 is 37.9 Å². The summed E-state index contributed by atoms with van der Waals surface area (Å²) in [6.45, 7) is 5.58. The molecule has 2 spiro atoms. The zero-order valence-corrected chi connectivity index (χ0v) is 60.8. The van der Waals surface area contributed by atoms with Gasteiger partial charge in [-0.2, -0.15) is 0 Å². The van der Waals surface area contributed by atoms with Crippen molar-refractivity contribution in [3.63, 3.8) is 0 Å². The Balaban J connectivity index is 0.000000177. The molecule has 0 bridgehead atoms. The summed E-state index contributed by atoms with van der Waals surface area (Å²) < 4.78 is 61.5. The van der Waals surface area contributed by atoms with Gasteiger partial charge in [-0.25, -0.2) is 0 Å². The minimum Gasteiger partial charge on any atom is 2.00 e. The largest absolute Gasteiger partial charge is 2.00 e. The summed E-state index contributed by atoms with van der Waals surface area (Å²) >= 11 is 0.757. The first kappa shape index (κ1) is 72.6. The van der Waals surface area contributed by atoms with Gasteiger partial charge in [-0.15, -0.1) is 0 Å². The molecule has 0 amide bonds. The molecule has 0 fully saturated rings. The number of hydrogen-bond acceptors (Lipinski definition) is 16. The molecule has 8 heterocycles. The molecule has 0 saturated heterocycles. The maximum Gasteiger partial charge on any atom is 2.00 e. The van der Waals surface area contributed by atoms with Crippen LogP contribution >= 0.6 is 20.2 Å². The molecule has 0 N–H and O–H groups in total. The predicted molar refractivity (Wildman–Crippen MR) is 390 cm³/mol. The monoisotopic (exact) mass is 1520 g/mol. The van der Waals surface area contributed by atoms with Crippen molar-refractivity contribution in [2.45, 2.75) is 76.9 Å². The van der Waals surface area contributed by atoms with Crippen LogP contribution in [0.1, 0.15) is 89.8 Å². The number of ether oxygens (including phenoxy) is 10. The number of fused-ring (bicyclic) bond motifs is 12. The Kier molecular flexibility index (Phi) is 23.6. The van der Waals surface area contributed by atoms with Crippen molar-refractivity contribution in [1.82, 2.24) is 29.7 Å². The Morgan fingerprint density at radius 3 is 1.11 bits per heavy atom. The van der Waals surface area contributed by atoms with Crippen LogP contribution in [0.2, 0.25) is 0 Å². The first-order valence-corrected chi connectivity index (χ1v) is 36.2. The normalized spacial score (nSPS) is 15.2. The fourth-order valence-corrected chi connectivity index (χ4v) is 14.0. The number of aromatic nitrogens is 4. The van der Waals surface area contributed by atoms with Gasteiger partial charge in [0.05, 0.1) is 75.8 Å². The maximum absolute atomic E-state index is 6.69. The molecular weight excluding hydrogens is 1450 g/mol. The van der Waals surface area contributed by atoms with Gasteiger partial charge >= 0.3 is 50.4 Å². The number of hydrogen-bond donors (Lipinski definition) is 0. The van der Waals surface area contributed by atoms with Crippen molar-refractivity contribution < 1.29 is 77.6 Å². The molecule has 4 aliphatic rings. The third-order valence-electron chi connectivity index (χ3n) is 18.6. The summed E-state index contributed by atoms with van der Waals surface area (Å²) in [6.07, 6.45) is 3.65. The predicted octanol–water partition coefficient (Wildman–Crippen LogP) is 17.8. The van der Waals surface area contributed by atoms with Crippen LogP contribution in [0.5, 0.6) is 57.5 Å². The van der Waals surface area contributed by atoms with Crippen LogP contribution in [0.3, 0.4) is 0 Å². The SMILES string of the molecule is COc1ccc2c(c1)Oc1cc(OCc3cccc(CN(Cc4ccccn4)Cc4ccccc4OC)n3)ccc1C21OCc2ccccc21.COc1ccc2c(c1)Oc1cc(OCc3cccc(CN(Cc4ccccn4)Cc4ccccc4OC)n3)ccc1C21OCc2ccccc21.[Cl][Cu][Cl].[Cu+2]. The Hall–Kier alpha value is -9.78. The van der Waals surface area contributed by atoms with E-state index in [1.807, 2.05) is 170 Å². The van der Waals surface area contributed by atoms with Crippen molar-refractivity contribution >= 4 is 20.2 Å². The molecule has 2 unspecified atom stereocenters. The summed E-state index contributed by atoms with van der Waals surface area (Å²) in [5, 5.41) is 0. The molecule has 16 rings (SSSR count). The van der Waals surface area contributed by atoms with E-state index in [1.165, 1.54) is 0 Å². The summed E-state index contributed by atoms with van der Waals surface area (Å²) in [4.78, 5) is 23.8. The molecule has 104 heavy (non-hydrogen) atoms. The zero-order chi connectivity index (χ0) is 70.5. The van der Waals surface area contributed by atoms with Crippen molar-refractivity contribution in [3.8, 4) is 57.5 Å². The van der Waals surface area contributed by atoms with Gasteiger partial charge in [0.1, 0.15) is 70.7 Å². The Bertz CT molecular complexity index is 4630. The van der Waals surface area contributed by atoms with Gasteiger partial charge in [0.2, 0.25) is 0 Å². The second-order valence-electron chi connectivity index (χ2n) is 24.9. The number of pyridine rings is 4. The molecular formula is C84H74Cl2Cu2N6O10+2. The number of halogens is 2. The van der Waals surface area contributed by atoms with Crippen LogP contribution in [-0.4, -0.2) is 58.2 Å². The van der Waals surface area contributed by atoms with Crippen molar-refractivity contribution in [1.29, 1.82) is 0 Å². The van der Waals surface area contributed by atoms with E-state index in [0.717, 1.165) is 114 Å². The van der Waals surface area contributed by atoms with Crippen LogP contribution in [0, 0.1) is 0 Å². The summed E-state index contributed by atoms with van der Waals surface area (Å²) in [5.41, 5.74) is 14.5. The maximum atomic E-state index is 6.69. The summed E-state index contributed by atoms with van der Waals surface area (Å²) in [5.74, 6) is 7.27. The van der Waals surface area contributed by atoms with Gasteiger partial charge in [-0.3, -0.25) is 29.7 Å². The molecule has 0 saturated carbocycles. The van der Waals surface area contributed by atoms with Gasteiger partial charge in [0, 0.05) is 109 Å². The Labute approximate surface area is 630 Å². The molecule has 12 aromatic rings. The smallest absolute Gasteiger partial charge is 2.00 e. The average Bonchev–Trinajstić information content (AvgIpc) is 1.45. The van der Waals surface area contributed by atoms with Crippen molar-refractivity contribution in [2.75, 3.05) is 28.4 Å². The van der Waals surface area contributed by atoms with Crippen LogP contribution in [0.15, 0.2) is 255 Å². The van der Waals surface area contributed by atoms with E-state index in [1.54, 1.807) is 28.4 Å². The number of methoxy groups -OCH3 is 4. The van der Waals surface area contributed by atoms with E-state index in [2.05, 4.69) is 125 Å². The van der Waals surface area contributed by atoms with E-state index < -0.39 is 11.2 Å². The number of para-hydroxylation sites is 2. The number of benzene rings is 8. The summed E-state index contributed by atoms with van der Waals surface area (Å²) in [6, 6.07) is 80.8. The van der Waals surface area contributed by atoms with Gasteiger partial charge in [-0.1, -0.05) is 109 Å². The molecule has 2 atom stereocenters. The van der Waals surface area contributed by atoms with Crippen molar-refractivity contribution in [3.05, 3.63) is 345 Å². The fourth-order valence-electron chi connectivity index (χ4n) is 14.0. The number of nitrogens with zero attached hydrogens (tertiary/aromatic N) is 6. The standard InChI is InChI=1S/2C42H37N3O5.2ClH.2Cu/c2*1-46-34-17-19-37-40(22-34)50-41-23-35(18-20-38(41)42(37)36-15-5-3-11-30(36)27-49-42)48-28-33-14-9-13-32(44-33)26-45(25-31-12-7-8-21-43-31)24-29-10-4-6-16-39(29)47-2;;;;/h2*3-23H,24-28H2,1-2H3;2*1H;;/q;;;;2*+2/p-2. The second kappa shape index (κ2) is 33.8. The van der Waals surface area contributed by atoms with Gasteiger partial charge < -0.3 is 47.4 Å². The minimum absolute atomic E-state index is 0. The molecule has 0 aliphatic carbocycles. The molecule has 20 heteroatoms. The third-order valence-corrected chi connectivity index (χ3v) is 18.6. The van der Waals surface area contributed by atoms with E-state index in [4.69, 9.17) is 57.3 Å². The van der Waals surface area contributed by atoms with Crippen molar-refractivity contribution in [2.24, 2.45) is 0 Å². The molecule has 16 nitrogen and oxygen atoms in total. The Morgan fingerprint density at radius 2 is 0.712 bits per heavy atom. The van der Waals surface area contributed by atoms with Crippen LogP contribution in [-0.2, 0) is 117 Å². The number of rotatable bonds is 22. The molecule has 4 aliphatic heterocycles. The second-order valence-corrected chi connectivity index (χ2v) is 26.5. The topological polar surface area (TPSA) is 150 Å². The zero-order valence-electron chi connectivity index (χ0n) is 57.4. The van der Waals surface area contributed by atoms with E-state index in [9.17, 15) is 0 Å². The third kappa shape index (κ3) is 15.8. The van der Waals surface area contributed by atoms with E-state index in [-0.39, 0.29) is 17.1 Å². The van der Waals surface area contributed by atoms with E-state index in [0.29, 0.717) is 112 Å². The van der Waals surface area contributed by atoms with E-state index >= 15 is 0 Å². The Morgan fingerprint density at radius 1 is 0.365 bits per heavy atom. The first-order chi connectivity index (χ1) is 50.7. The minimum atomic E-state index is -0.787. The molecule has 4 aromatic heterocycles.